The van der Waals surface area contributed by atoms with Crippen molar-refractivity contribution in [3.8, 4) is 22.3 Å². The zero-order valence-corrected chi connectivity index (χ0v) is 32.4. The minimum atomic E-state index is 0.378. The predicted octanol–water partition coefficient (Wildman–Crippen LogP) is 13.3. The first-order valence-electron chi connectivity index (χ1n) is 19.7. The van der Waals surface area contributed by atoms with E-state index in [-0.39, 0.29) is 0 Å². The van der Waals surface area contributed by atoms with Gasteiger partial charge in [-0.15, -0.1) is 0 Å². The average Bonchev–Trinajstić information content (AvgIpc) is 3.64. The second kappa shape index (κ2) is 16.4. The maximum atomic E-state index is 7.39. The Balaban J connectivity index is 1.27. The van der Waals surface area contributed by atoms with Gasteiger partial charge < -0.3 is 15.5 Å². The van der Waals surface area contributed by atoms with Gasteiger partial charge in [0.25, 0.3) is 0 Å². The van der Waals surface area contributed by atoms with Gasteiger partial charge in [0.1, 0.15) is 11.0 Å². The van der Waals surface area contributed by atoms with Gasteiger partial charge in [0, 0.05) is 50.9 Å². The Morgan fingerprint density at radius 1 is 0.500 bits per heavy atom. The van der Waals surface area contributed by atoms with Gasteiger partial charge in [-0.25, -0.2) is 0 Å². The topological polar surface area (TPSA) is 63.2 Å². The molecule has 7 aromatic carbocycles. The van der Waals surface area contributed by atoms with E-state index in [1.165, 1.54) is 0 Å². The van der Waals surface area contributed by atoms with E-state index in [0.29, 0.717) is 12.5 Å². The normalized spacial score (nSPS) is 11.3. The first kappa shape index (κ1) is 36.3. The van der Waals surface area contributed by atoms with Crippen LogP contribution in [-0.2, 0) is 13.0 Å². The summed E-state index contributed by atoms with van der Waals surface area (Å²) >= 11 is 0. The largest absolute Gasteiger partial charge is 0.398 e. The fourth-order valence-electron chi connectivity index (χ4n) is 7.62. The second-order valence-corrected chi connectivity index (χ2v) is 14.7. The first-order valence-corrected chi connectivity index (χ1v) is 19.7. The standard InChI is InChI=1S/C50H48N6/c1-4-5-26-45-46(37-27-31-43(32-28-37)55(39-18-10-6-11-19-39)40-20-12-7-13-21-40)49-50(53-54(52-49)35-36(2)3)47(48(45)51)38-29-33-44(34-30-38)56(41-22-14-8-15-23-41)42-24-16-9-17-25-42/h6-25,27-34,36H,4-5,26,35,51H2,1-3H3. The zero-order chi connectivity index (χ0) is 38.4. The number of nitrogens with two attached hydrogens (primary N) is 1. The molecule has 0 atom stereocenters. The fourth-order valence-corrected chi connectivity index (χ4v) is 7.62. The molecule has 0 saturated heterocycles. The van der Waals surface area contributed by atoms with Crippen LogP contribution in [0, 0.1) is 5.92 Å². The zero-order valence-electron chi connectivity index (χ0n) is 32.4. The van der Waals surface area contributed by atoms with Crippen molar-refractivity contribution in [1.82, 2.24) is 15.0 Å². The van der Waals surface area contributed by atoms with Crippen molar-refractivity contribution in [3.05, 3.63) is 175 Å². The summed E-state index contributed by atoms with van der Waals surface area (Å²) in [5, 5.41) is 10.4. The molecule has 0 aliphatic carbocycles. The van der Waals surface area contributed by atoms with Gasteiger partial charge in [-0.1, -0.05) is 124 Å². The molecule has 1 aromatic heterocycles. The van der Waals surface area contributed by atoms with Crippen molar-refractivity contribution in [3.63, 3.8) is 0 Å². The van der Waals surface area contributed by atoms with Crippen LogP contribution in [0.3, 0.4) is 0 Å². The molecule has 0 saturated carbocycles. The molecule has 6 heteroatoms. The number of benzene rings is 7. The van der Waals surface area contributed by atoms with Crippen LogP contribution >= 0.6 is 0 Å². The number of para-hydroxylation sites is 4. The Morgan fingerprint density at radius 3 is 1.23 bits per heavy atom. The number of hydrogen-bond donors (Lipinski definition) is 1. The summed E-state index contributed by atoms with van der Waals surface area (Å²) in [7, 11) is 0. The number of nitrogens with zero attached hydrogens (tertiary/aromatic N) is 5. The van der Waals surface area contributed by atoms with E-state index in [9.17, 15) is 0 Å². The van der Waals surface area contributed by atoms with Crippen LogP contribution in [-0.4, -0.2) is 15.0 Å². The van der Waals surface area contributed by atoms with Crippen LogP contribution in [0.15, 0.2) is 170 Å². The molecule has 0 unspecified atom stereocenters. The van der Waals surface area contributed by atoms with Crippen LogP contribution in [0.4, 0.5) is 39.8 Å². The van der Waals surface area contributed by atoms with Crippen LogP contribution in [0.2, 0.25) is 0 Å². The van der Waals surface area contributed by atoms with Gasteiger partial charge in [0.15, 0.2) is 0 Å². The maximum absolute atomic E-state index is 7.39. The highest BCUT2D eigenvalue weighted by Gasteiger charge is 2.25. The molecule has 6 nitrogen and oxygen atoms in total. The molecular formula is C50H48N6. The summed E-state index contributed by atoms with van der Waals surface area (Å²) in [6, 6.07) is 59.6. The molecule has 1 heterocycles. The highest BCUT2D eigenvalue weighted by molar-refractivity contribution is 6.08. The lowest BCUT2D eigenvalue weighted by molar-refractivity contribution is 0.442. The van der Waals surface area contributed by atoms with Crippen molar-refractivity contribution in [1.29, 1.82) is 0 Å². The molecule has 0 aliphatic heterocycles. The Kier molecular flexibility index (Phi) is 10.6. The van der Waals surface area contributed by atoms with Crippen molar-refractivity contribution in [2.45, 2.75) is 46.6 Å². The molecule has 0 spiro atoms. The molecule has 0 aliphatic rings. The lowest BCUT2D eigenvalue weighted by atomic mass is 9.88. The quantitative estimate of drug-likeness (QED) is 0.120. The Labute approximate surface area is 330 Å². The SMILES string of the molecule is CCCCc1c(N)c(-c2ccc(N(c3ccccc3)c3ccccc3)cc2)c2nn(CC(C)C)nc2c1-c1ccc(N(c2ccccc2)c2ccccc2)cc1. The number of hydrogen-bond acceptors (Lipinski definition) is 5. The van der Waals surface area contributed by atoms with Crippen molar-refractivity contribution in [2.75, 3.05) is 15.5 Å². The van der Waals surface area contributed by atoms with Gasteiger partial charge in [-0.05, 0) is 108 Å². The van der Waals surface area contributed by atoms with Crippen LogP contribution in [0.1, 0.15) is 39.2 Å². The Morgan fingerprint density at radius 2 is 0.857 bits per heavy atom. The highest BCUT2D eigenvalue weighted by Crippen LogP contribution is 2.45. The van der Waals surface area contributed by atoms with E-state index in [1.807, 2.05) is 4.80 Å². The summed E-state index contributed by atoms with van der Waals surface area (Å²) in [5.41, 5.74) is 21.6. The van der Waals surface area contributed by atoms with Crippen LogP contribution in [0.25, 0.3) is 33.3 Å². The van der Waals surface area contributed by atoms with Gasteiger partial charge in [-0.2, -0.15) is 15.0 Å². The number of aromatic nitrogens is 3. The lowest BCUT2D eigenvalue weighted by Gasteiger charge is -2.26. The summed E-state index contributed by atoms with van der Waals surface area (Å²) < 4.78 is 0. The van der Waals surface area contributed by atoms with E-state index in [2.05, 4.69) is 200 Å². The molecule has 8 aromatic rings. The summed E-state index contributed by atoms with van der Waals surface area (Å²) in [5.74, 6) is 0.378. The van der Waals surface area contributed by atoms with Crippen LogP contribution < -0.4 is 15.5 Å². The predicted molar refractivity (Wildman–Crippen MR) is 236 cm³/mol. The highest BCUT2D eigenvalue weighted by atomic mass is 15.5. The lowest BCUT2D eigenvalue weighted by Crippen LogP contribution is -2.09. The monoisotopic (exact) mass is 732 g/mol. The molecule has 56 heavy (non-hydrogen) atoms. The molecule has 0 radical (unpaired) electrons. The maximum Gasteiger partial charge on any atom is 0.123 e. The molecule has 0 amide bonds. The molecule has 0 bridgehead atoms. The Bertz CT molecular complexity index is 2420. The molecule has 8 rings (SSSR count). The second-order valence-electron chi connectivity index (χ2n) is 14.7. The third-order valence-electron chi connectivity index (χ3n) is 10.2. The van der Waals surface area contributed by atoms with Crippen molar-refractivity contribution in [2.24, 2.45) is 5.92 Å². The van der Waals surface area contributed by atoms with E-state index in [1.54, 1.807) is 0 Å². The van der Waals surface area contributed by atoms with Crippen molar-refractivity contribution >= 4 is 50.8 Å². The molecule has 278 valence electrons. The van der Waals surface area contributed by atoms with Crippen LogP contribution in [0.5, 0.6) is 0 Å². The van der Waals surface area contributed by atoms with Gasteiger partial charge in [0.2, 0.25) is 0 Å². The molecule has 2 N–H and O–H groups in total. The van der Waals surface area contributed by atoms with E-state index in [0.717, 1.165) is 97.9 Å². The van der Waals surface area contributed by atoms with Gasteiger partial charge >= 0.3 is 0 Å². The summed E-state index contributed by atoms with van der Waals surface area (Å²) in [4.78, 5) is 6.43. The number of nitrogen functional groups attached to an aromatic ring is 1. The first-order chi connectivity index (χ1) is 27.5. The fraction of sp³-hybridized carbons (Fsp3) is 0.160. The van der Waals surface area contributed by atoms with Gasteiger partial charge in [0.05, 0.1) is 6.54 Å². The van der Waals surface area contributed by atoms with E-state index < -0.39 is 0 Å². The van der Waals surface area contributed by atoms with Gasteiger partial charge in [-0.3, -0.25) is 0 Å². The number of unbranched alkanes of at least 4 members (excludes halogenated alkanes) is 1. The summed E-state index contributed by atoms with van der Waals surface area (Å²) in [6.45, 7) is 7.34. The van der Waals surface area contributed by atoms with E-state index in [4.69, 9.17) is 15.9 Å². The molecular weight excluding hydrogens is 685 g/mol. The Hall–Kier alpha value is -6.66. The smallest absolute Gasteiger partial charge is 0.123 e. The third-order valence-corrected chi connectivity index (χ3v) is 10.2. The average molecular weight is 733 g/mol. The number of rotatable bonds is 13. The van der Waals surface area contributed by atoms with E-state index >= 15 is 0 Å². The van der Waals surface area contributed by atoms with Crippen molar-refractivity contribution < 1.29 is 0 Å². The minimum Gasteiger partial charge on any atom is -0.398 e. The number of anilines is 7. The molecule has 0 fully saturated rings. The number of fused-ring (bicyclic) bond motifs is 1. The summed E-state index contributed by atoms with van der Waals surface area (Å²) in [6.07, 6.45) is 2.91. The minimum absolute atomic E-state index is 0.378. The third kappa shape index (κ3) is 7.38.